The van der Waals surface area contributed by atoms with Gasteiger partial charge in [0.25, 0.3) is 0 Å². The van der Waals surface area contributed by atoms with Crippen molar-refractivity contribution in [2.75, 3.05) is 30.8 Å². The van der Waals surface area contributed by atoms with Crippen LogP contribution in [-0.4, -0.2) is 87.8 Å². The monoisotopic (exact) mass is 705 g/mol. The van der Waals surface area contributed by atoms with Crippen molar-refractivity contribution >= 4 is 52.3 Å². The van der Waals surface area contributed by atoms with Crippen molar-refractivity contribution in [3.8, 4) is 11.1 Å². The van der Waals surface area contributed by atoms with E-state index < -0.39 is 24.2 Å². The molecule has 5 amide bonds. The maximum atomic E-state index is 13.4. The number of hydrogen-bond acceptors (Lipinski definition) is 8. The molecule has 3 atom stereocenters. The molecule has 2 aliphatic heterocycles. The fourth-order valence-corrected chi connectivity index (χ4v) is 6.82. The predicted octanol–water partition coefficient (Wildman–Crippen LogP) is 4.78. The number of alkyl carbamates (subject to hydrolysis) is 1. The molecule has 13 nitrogen and oxygen atoms in total. The van der Waals surface area contributed by atoms with Crippen molar-refractivity contribution in [1.82, 2.24) is 25.1 Å². The fourth-order valence-electron chi connectivity index (χ4n) is 6.82. The molecular formula is C39H43N7O6. The number of hydrogen-bond donors (Lipinski definition) is 3. The smallest absolute Gasteiger partial charge is 0.407 e. The normalized spacial score (nSPS) is 17.5. The third-order valence-corrected chi connectivity index (χ3v) is 9.59. The van der Waals surface area contributed by atoms with E-state index in [9.17, 15) is 24.0 Å². The molecule has 0 unspecified atom stereocenters. The van der Waals surface area contributed by atoms with E-state index in [4.69, 9.17) is 0 Å². The Labute approximate surface area is 302 Å². The summed E-state index contributed by atoms with van der Waals surface area (Å²) in [5.74, 6) is -0.412. The van der Waals surface area contributed by atoms with Crippen LogP contribution in [0.1, 0.15) is 45.1 Å². The molecule has 4 heterocycles. The van der Waals surface area contributed by atoms with Gasteiger partial charge in [0.2, 0.25) is 23.6 Å². The van der Waals surface area contributed by atoms with Gasteiger partial charge in [-0.2, -0.15) is 0 Å². The topological polar surface area (TPSA) is 163 Å². The second-order valence-corrected chi connectivity index (χ2v) is 13.5. The summed E-state index contributed by atoms with van der Waals surface area (Å²) in [6.45, 7) is 4.61. The van der Waals surface area contributed by atoms with E-state index in [1.807, 2.05) is 74.5 Å². The number of amides is 5. The first kappa shape index (κ1) is 36.0. The van der Waals surface area contributed by atoms with E-state index in [2.05, 4.69) is 30.7 Å². The number of benzene rings is 2. The number of fused-ring (bicyclic) bond motifs is 1. The molecule has 52 heavy (non-hydrogen) atoms. The molecule has 0 aliphatic carbocycles. The second kappa shape index (κ2) is 16.0. The first-order valence-corrected chi connectivity index (χ1v) is 17.6. The van der Waals surface area contributed by atoms with Crippen LogP contribution in [0, 0.1) is 5.92 Å². The van der Waals surface area contributed by atoms with Crippen LogP contribution in [0.3, 0.4) is 0 Å². The number of carbonyl (C=O) groups excluding carboxylic acids is 5. The van der Waals surface area contributed by atoms with E-state index in [1.165, 1.54) is 12.0 Å². The molecule has 2 saturated heterocycles. The van der Waals surface area contributed by atoms with Crippen LogP contribution in [0.15, 0.2) is 79.0 Å². The average molecular weight is 706 g/mol. The molecule has 2 aliphatic rings. The summed E-state index contributed by atoms with van der Waals surface area (Å²) in [7, 11) is 1.24. The van der Waals surface area contributed by atoms with E-state index >= 15 is 0 Å². The van der Waals surface area contributed by atoms with E-state index in [0.29, 0.717) is 49.5 Å². The van der Waals surface area contributed by atoms with Gasteiger partial charge in [-0.25, -0.2) is 14.8 Å². The average Bonchev–Trinajstić information content (AvgIpc) is 3.85. The van der Waals surface area contributed by atoms with Crippen LogP contribution in [-0.2, 0) is 30.3 Å². The summed E-state index contributed by atoms with van der Waals surface area (Å²) < 4.78 is 4.68. The lowest BCUT2D eigenvalue weighted by molar-refractivity contribution is -0.139. The molecular weight excluding hydrogens is 662 g/mol. The van der Waals surface area contributed by atoms with Gasteiger partial charge < -0.3 is 30.5 Å². The Hall–Kier alpha value is -5.85. The number of nitrogens with zero attached hydrogens (tertiary/aromatic N) is 4. The van der Waals surface area contributed by atoms with Gasteiger partial charge in [-0.15, -0.1) is 0 Å². The van der Waals surface area contributed by atoms with E-state index in [0.717, 1.165) is 28.5 Å². The summed E-state index contributed by atoms with van der Waals surface area (Å²) in [6.07, 6.45) is 3.79. The molecule has 0 spiro atoms. The van der Waals surface area contributed by atoms with Crippen LogP contribution in [0.5, 0.6) is 0 Å². The number of rotatable bonds is 10. The van der Waals surface area contributed by atoms with Crippen molar-refractivity contribution in [2.45, 2.75) is 64.1 Å². The first-order chi connectivity index (χ1) is 25.1. The van der Waals surface area contributed by atoms with Crippen LogP contribution >= 0.6 is 0 Å². The molecule has 2 aromatic carbocycles. The molecule has 4 aromatic rings. The molecule has 3 N–H and O–H groups in total. The largest absolute Gasteiger partial charge is 0.453 e. The van der Waals surface area contributed by atoms with Gasteiger partial charge in [0, 0.05) is 30.2 Å². The minimum Gasteiger partial charge on any atom is -0.453 e. The molecule has 13 heteroatoms. The third-order valence-electron chi connectivity index (χ3n) is 9.59. The fraction of sp³-hybridized carbons (Fsp3) is 0.359. The minimum atomic E-state index is -0.816. The zero-order valence-corrected chi connectivity index (χ0v) is 29.5. The van der Waals surface area contributed by atoms with Gasteiger partial charge in [-0.3, -0.25) is 19.2 Å². The molecule has 270 valence electrons. The zero-order valence-electron chi connectivity index (χ0n) is 29.5. The minimum absolute atomic E-state index is 0.0639. The maximum absolute atomic E-state index is 13.4. The van der Waals surface area contributed by atoms with Gasteiger partial charge in [0.15, 0.2) is 0 Å². The van der Waals surface area contributed by atoms with Crippen LogP contribution < -0.4 is 16.0 Å². The predicted molar refractivity (Wildman–Crippen MR) is 196 cm³/mol. The van der Waals surface area contributed by atoms with Crippen LogP contribution in [0.2, 0.25) is 0 Å². The molecule has 0 saturated carbocycles. The number of likely N-dealkylation sites (tertiary alicyclic amines) is 2. The Morgan fingerprint density at radius 2 is 1.46 bits per heavy atom. The highest BCUT2D eigenvalue weighted by Gasteiger charge is 2.39. The third kappa shape index (κ3) is 8.20. The van der Waals surface area contributed by atoms with Crippen LogP contribution in [0.4, 0.5) is 16.4 Å². The molecule has 6 rings (SSSR count). The number of aromatic nitrogens is 2. The van der Waals surface area contributed by atoms with Gasteiger partial charge in [-0.05, 0) is 79.1 Å². The Morgan fingerprint density at radius 1 is 0.808 bits per heavy atom. The van der Waals surface area contributed by atoms with Crippen molar-refractivity contribution in [3.05, 3.63) is 84.6 Å². The summed E-state index contributed by atoms with van der Waals surface area (Å²) in [5, 5.41) is 9.19. The highest BCUT2D eigenvalue weighted by molar-refractivity contribution is 5.99. The molecule has 0 bridgehead atoms. The van der Waals surface area contributed by atoms with E-state index in [-0.39, 0.29) is 36.0 Å². The lowest BCUT2D eigenvalue weighted by Crippen LogP contribution is -2.54. The van der Waals surface area contributed by atoms with Crippen molar-refractivity contribution in [1.29, 1.82) is 0 Å². The summed E-state index contributed by atoms with van der Waals surface area (Å²) in [5.41, 5.74) is 3.32. The van der Waals surface area contributed by atoms with Crippen molar-refractivity contribution in [2.24, 2.45) is 5.92 Å². The van der Waals surface area contributed by atoms with Crippen molar-refractivity contribution < 1.29 is 28.7 Å². The van der Waals surface area contributed by atoms with E-state index in [1.54, 1.807) is 23.2 Å². The van der Waals surface area contributed by atoms with Gasteiger partial charge in [-0.1, -0.05) is 50.2 Å². The number of carbonyl (C=O) groups is 5. The Kier molecular flexibility index (Phi) is 11.1. The van der Waals surface area contributed by atoms with Crippen LogP contribution in [0.25, 0.3) is 22.0 Å². The zero-order chi connectivity index (χ0) is 36.8. The molecule has 2 aromatic heterocycles. The highest BCUT2D eigenvalue weighted by Crippen LogP contribution is 2.27. The van der Waals surface area contributed by atoms with Crippen molar-refractivity contribution in [3.63, 3.8) is 0 Å². The maximum Gasteiger partial charge on any atom is 0.407 e. The Morgan fingerprint density at radius 3 is 2.13 bits per heavy atom. The lowest BCUT2D eigenvalue weighted by Gasteiger charge is -2.30. The van der Waals surface area contributed by atoms with Gasteiger partial charge in [0.1, 0.15) is 29.8 Å². The first-order valence-electron chi connectivity index (χ1n) is 17.6. The molecule has 0 radical (unpaired) electrons. The van der Waals surface area contributed by atoms with Gasteiger partial charge in [0.05, 0.1) is 19.0 Å². The Bertz CT molecular complexity index is 1950. The summed E-state index contributed by atoms with van der Waals surface area (Å²) in [4.78, 5) is 77.0. The second-order valence-electron chi connectivity index (χ2n) is 13.5. The number of ether oxygens (including phenoxy) is 1. The number of pyridine rings is 2. The molecule has 2 fully saturated rings. The number of nitrogens with one attached hydrogen (secondary N) is 3. The number of anilines is 2. The van der Waals surface area contributed by atoms with Gasteiger partial charge >= 0.3 is 6.09 Å². The SMILES string of the molecule is COC(=O)N[C@H](C(=O)N1CCC[C@H]1C(=O)Nc1ccc2cc(-c3ccc(NC(=O)[C@@H]4CCCN4C(=O)Cc4ccccc4)nc3)ccc2n1)C(C)C. The summed E-state index contributed by atoms with van der Waals surface area (Å²) >= 11 is 0. The number of methoxy groups -OCH3 is 1. The Balaban J connectivity index is 1.07. The summed E-state index contributed by atoms with van der Waals surface area (Å²) in [6, 6.07) is 20.4. The standard InChI is InChI=1S/C39H43N7O6/c1-24(2)35(44-39(51)52-3)38(50)46-20-8-12-31(46)37(49)43-33-18-14-27-22-26(13-16-29(27)41-33)28-15-17-32(40-23-28)42-36(48)30-11-7-19-45(30)34(47)21-25-9-5-4-6-10-25/h4-6,9-10,13-18,22-24,30-31,35H,7-8,11-12,19-21H2,1-3H3,(H,44,51)(H,40,42,48)(H,41,43,49)/t30-,31-,35-/m0/s1. The highest BCUT2D eigenvalue weighted by atomic mass is 16.5. The quantitative estimate of drug-likeness (QED) is 0.212. The lowest BCUT2D eigenvalue weighted by atomic mass is 10.0.